The van der Waals surface area contributed by atoms with E-state index in [-0.39, 0.29) is 18.8 Å². The van der Waals surface area contributed by atoms with Crippen LogP contribution in [0.15, 0.2) is 42.9 Å². The number of carboxylic acids is 1. The Morgan fingerprint density at radius 2 is 1.63 bits per heavy atom. The molecule has 0 saturated heterocycles. The summed E-state index contributed by atoms with van der Waals surface area (Å²) in [6, 6.07) is 4.87. The van der Waals surface area contributed by atoms with Crippen molar-refractivity contribution in [3.05, 3.63) is 54.1 Å². The number of nitrogens with two attached hydrogens (primary N) is 2. The molecular formula is C26H39N7O5. The number of benzene rings is 1. The number of carbonyl (C=O) groups excluding carboxylic acids is 3. The zero-order valence-electron chi connectivity index (χ0n) is 21.9. The average Bonchev–Trinajstić information content (AvgIpc) is 3.39. The fourth-order valence-corrected chi connectivity index (χ4v) is 3.87. The lowest BCUT2D eigenvalue weighted by molar-refractivity contribution is -0.142. The molecule has 12 nitrogen and oxygen atoms in total. The fourth-order valence-electron chi connectivity index (χ4n) is 3.87. The highest BCUT2D eigenvalue weighted by Gasteiger charge is 2.32. The normalized spacial score (nSPS) is 14.2. The number of H-pyrrole nitrogens is 1. The SMILES string of the molecule is CC(C)C(NC(=O)C(CCCCN)NC(=O)C(N)Cc1cnc[nH]1)C(=O)NC(Cc1ccccc1)C(=O)O. The highest BCUT2D eigenvalue weighted by molar-refractivity contribution is 5.94. The van der Waals surface area contributed by atoms with Gasteiger partial charge in [0.25, 0.3) is 0 Å². The summed E-state index contributed by atoms with van der Waals surface area (Å²) in [5.41, 5.74) is 13.0. The van der Waals surface area contributed by atoms with Crippen molar-refractivity contribution in [1.29, 1.82) is 0 Å². The van der Waals surface area contributed by atoms with Crippen molar-refractivity contribution in [2.24, 2.45) is 17.4 Å². The zero-order chi connectivity index (χ0) is 28.1. The smallest absolute Gasteiger partial charge is 0.326 e. The predicted octanol–water partition coefficient (Wildman–Crippen LogP) is -0.154. The second kappa shape index (κ2) is 15.5. The number of aromatic nitrogens is 2. The summed E-state index contributed by atoms with van der Waals surface area (Å²) in [7, 11) is 0. The maximum Gasteiger partial charge on any atom is 0.326 e. The first kappa shape index (κ1) is 30.5. The first-order valence-electron chi connectivity index (χ1n) is 12.7. The minimum absolute atomic E-state index is 0.0899. The number of aromatic amines is 1. The van der Waals surface area contributed by atoms with Crippen LogP contribution in [0, 0.1) is 5.92 Å². The first-order valence-corrected chi connectivity index (χ1v) is 12.7. The molecule has 1 aromatic carbocycles. The van der Waals surface area contributed by atoms with Crippen molar-refractivity contribution in [3.63, 3.8) is 0 Å². The number of nitrogens with zero attached hydrogens (tertiary/aromatic N) is 1. The topological polar surface area (TPSA) is 205 Å². The van der Waals surface area contributed by atoms with E-state index in [0.717, 1.165) is 5.56 Å². The van der Waals surface area contributed by atoms with E-state index in [1.54, 1.807) is 44.3 Å². The molecule has 0 bridgehead atoms. The summed E-state index contributed by atoms with van der Waals surface area (Å²) in [5.74, 6) is -3.25. The summed E-state index contributed by atoms with van der Waals surface area (Å²) in [5, 5.41) is 17.6. The molecule has 9 N–H and O–H groups in total. The van der Waals surface area contributed by atoms with Gasteiger partial charge in [-0.1, -0.05) is 44.2 Å². The van der Waals surface area contributed by atoms with Crippen molar-refractivity contribution in [2.45, 2.75) is 70.1 Å². The van der Waals surface area contributed by atoms with Crippen LogP contribution in [-0.2, 0) is 32.0 Å². The molecule has 0 aliphatic carbocycles. The lowest BCUT2D eigenvalue weighted by Gasteiger charge is -2.27. The van der Waals surface area contributed by atoms with E-state index < -0.39 is 47.9 Å². The first-order chi connectivity index (χ1) is 18.1. The maximum atomic E-state index is 13.2. The Hall–Kier alpha value is -3.77. The quantitative estimate of drug-likeness (QED) is 0.145. The van der Waals surface area contributed by atoms with Crippen LogP contribution in [0.2, 0.25) is 0 Å². The summed E-state index contributed by atoms with van der Waals surface area (Å²) in [6.45, 7) is 3.90. The summed E-state index contributed by atoms with van der Waals surface area (Å²) < 4.78 is 0. The van der Waals surface area contributed by atoms with Crippen LogP contribution in [0.4, 0.5) is 0 Å². The van der Waals surface area contributed by atoms with Crippen LogP contribution < -0.4 is 27.4 Å². The molecule has 4 unspecified atom stereocenters. The molecule has 3 amide bonds. The largest absolute Gasteiger partial charge is 0.480 e. The molecule has 1 heterocycles. The fraction of sp³-hybridized carbons (Fsp3) is 0.500. The number of carbonyl (C=O) groups is 4. The molecule has 12 heteroatoms. The van der Waals surface area contributed by atoms with Crippen LogP contribution in [-0.4, -0.2) is 69.5 Å². The number of rotatable bonds is 16. The number of carboxylic acid groups (broad SMARTS) is 1. The Balaban J connectivity index is 2.08. The Kier molecular flexibility index (Phi) is 12.4. The monoisotopic (exact) mass is 529 g/mol. The van der Waals surface area contributed by atoms with Gasteiger partial charge in [-0.05, 0) is 37.3 Å². The van der Waals surface area contributed by atoms with E-state index >= 15 is 0 Å². The van der Waals surface area contributed by atoms with Gasteiger partial charge in [0.1, 0.15) is 18.1 Å². The lowest BCUT2D eigenvalue weighted by atomic mass is 10.00. The van der Waals surface area contributed by atoms with Gasteiger partial charge in [0.15, 0.2) is 0 Å². The number of hydrogen-bond donors (Lipinski definition) is 7. The molecule has 4 atom stereocenters. The molecule has 1 aromatic heterocycles. The van der Waals surface area contributed by atoms with Crippen LogP contribution in [0.3, 0.4) is 0 Å². The molecule has 208 valence electrons. The van der Waals surface area contributed by atoms with Gasteiger partial charge in [0.2, 0.25) is 17.7 Å². The second-order valence-electron chi connectivity index (χ2n) is 9.55. The molecule has 2 rings (SSSR count). The molecule has 38 heavy (non-hydrogen) atoms. The van der Waals surface area contributed by atoms with E-state index in [4.69, 9.17) is 11.5 Å². The molecule has 0 aliphatic rings. The van der Waals surface area contributed by atoms with E-state index in [1.165, 1.54) is 6.33 Å². The van der Waals surface area contributed by atoms with Gasteiger partial charge in [-0.3, -0.25) is 14.4 Å². The summed E-state index contributed by atoms with van der Waals surface area (Å²) in [4.78, 5) is 57.7. The Morgan fingerprint density at radius 1 is 0.947 bits per heavy atom. The van der Waals surface area contributed by atoms with Crippen LogP contribution in [0.25, 0.3) is 0 Å². The Bertz CT molecular complexity index is 1030. The molecule has 0 radical (unpaired) electrons. The lowest BCUT2D eigenvalue weighted by Crippen LogP contribution is -2.58. The predicted molar refractivity (Wildman–Crippen MR) is 142 cm³/mol. The third-order valence-corrected chi connectivity index (χ3v) is 6.06. The number of hydrogen-bond acceptors (Lipinski definition) is 7. The van der Waals surface area contributed by atoms with E-state index in [2.05, 4.69) is 25.9 Å². The highest BCUT2D eigenvalue weighted by Crippen LogP contribution is 2.09. The van der Waals surface area contributed by atoms with Gasteiger partial charge in [0.05, 0.1) is 12.4 Å². The molecular weight excluding hydrogens is 490 g/mol. The number of nitrogens with one attached hydrogen (secondary N) is 4. The number of amides is 3. The van der Waals surface area contributed by atoms with Crippen LogP contribution in [0.5, 0.6) is 0 Å². The molecule has 0 fully saturated rings. The average molecular weight is 530 g/mol. The van der Waals surface area contributed by atoms with Crippen molar-refractivity contribution in [3.8, 4) is 0 Å². The number of unbranched alkanes of at least 4 members (excludes halogenated alkanes) is 1. The van der Waals surface area contributed by atoms with Gasteiger partial charge in [0, 0.05) is 24.7 Å². The van der Waals surface area contributed by atoms with Crippen molar-refractivity contribution in [1.82, 2.24) is 25.9 Å². The van der Waals surface area contributed by atoms with Gasteiger partial charge in [-0.25, -0.2) is 9.78 Å². The standard InChI is InChI=1S/C26H39N7O5/c1-16(2)22(25(36)32-21(26(37)38)12-17-8-4-3-5-9-17)33-24(35)20(10-6-7-11-27)31-23(34)19(28)13-18-14-29-15-30-18/h3-5,8-9,14-16,19-22H,6-7,10-13,27-28H2,1-2H3,(H,29,30)(H,31,34)(H,32,36)(H,33,35)(H,37,38). The minimum atomic E-state index is -1.19. The zero-order valence-corrected chi connectivity index (χ0v) is 21.9. The van der Waals surface area contributed by atoms with E-state index in [0.29, 0.717) is 31.5 Å². The molecule has 0 spiro atoms. The van der Waals surface area contributed by atoms with Crippen molar-refractivity contribution in [2.75, 3.05) is 6.54 Å². The Morgan fingerprint density at radius 3 is 2.21 bits per heavy atom. The second-order valence-corrected chi connectivity index (χ2v) is 9.55. The third-order valence-electron chi connectivity index (χ3n) is 6.06. The van der Waals surface area contributed by atoms with Crippen molar-refractivity contribution >= 4 is 23.7 Å². The van der Waals surface area contributed by atoms with Crippen molar-refractivity contribution < 1.29 is 24.3 Å². The van der Waals surface area contributed by atoms with E-state index in [9.17, 15) is 24.3 Å². The Labute approximate surface area is 222 Å². The minimum Gasteiger partial charge on any atom is -0.480 e. The number of aliphatic carboxylic acids is 1. The molecule has 0 saturated carbocycles. The highest BCUT2D eigenvalue weighted by atomic mass is 16.4. The van der Waals surface area contributed by atoms with Gasteiger partial charge in [-0.2, -0.15) is 0 Å². The maximum absolute atomic E-state index is 13.2. The van der Waals surface area contributed by atoms with E-state index in [1.807, 2.05) is 6.07 Å². The van der Waals surface area contributed by atoms with Gasteiger partial charge >= 0.3 is 5.97 Å². The van der Waals surface area contributed by atoms with Crippen LogP contribution in [0.1, 0.15) is 44.4 Å². The number of imidazole rings is 1. The summed E-state index contributed by atoms with van der Waals surface area (Å²) >= 11 is 0. The van der Waals surface area contributed by atoms with Gasteiger partial charge < -0.3 is 37.5 Å². The molecule has 2 aromatic rings. The third kappa shape index (κ3) is 9.94. The van der Waals surface area contributed by atoms with Gasteiger partial charge in [-0.15, -0.1) is 0 Å². The summed E-state index contributed by atoms with van der Waals surface area (Å²) in [6.07, 6.45) is 4.85. The molecule has 0 aliphatic heterocycles. The van der Waals surface area contributed by atoms with Crippen LogP contribution >= 0.6 is 0 Å².